The third-order valence-corrected chi connectivity index (χ3v) is 8.04. The van der Waals surface area contributed by atoms with E-state index in [9.17, 15) is 9.59 Å². The number of rotatable bonds is 3. The molecule has 2 aromatic carbocycles. The van der Waals surface area contributed by atoms with Crippen LogP contribution in [0.15, 0.2) is 42.5 Å². The maximum Gasteiger partial charge on any atom is 0.230 e. The minimum Gasteiger partial charge on any atom is -0.351 e. The van der Waals surface area contributed by atoms with E-state index in [1.54, 1.807) is 6.92 Å². The molecule has 2 unspecified atom stereocenters. The standard InChI is InChI=1S/C26H28N2O2/c1-16(29)28-26-13-17-8-18(14-26)12-25(11-17,15-26)24(30)27-21-7-6-20-9-19-4-2-3-5-22(19)23(20)10-21/h2-7,10,17-18H,8-9,11-15H2,1H3,(H,27,30)(H,28,29)/t17-,18+,25?,26?. The third-order valence-electron chi connectivity index (χ3n) is 8.04. The van der Waals surface area contributed by atoms with Gasteiger partial charge in [-0.2, -0.15) is 0 Å². The molecule has 0 heterocycles. The molecule has 4 saturated carbocycles. The maximum atomic E-state index is 13.6. The van der Waals surface area contributed by atoms with E-state index in [4.69, 9.17) is 0 Å². The van der Waals surface area contributed by atoms with Crippen LogP contribution in [-0.2, 0) is 16.0 Å². The van der Waals surface area contributed by atoms with E-state index in [0.717, 1.165) is 44.2 Å². The van der Waals surface area contributed by atoms with Gasteiger partial charge in [0.05, 0.1) is 5.41 Å². The molecule has 2 aromatic rings. The van der Waals surface area contributed by atoms with E-state index in [0.29, 0.717) is 11.8 Å². The highest BCUT2D eigenvalue weighted by atomic mass is 16.2. The number of carbonyl (C=O) groups is 2. The Morgan fingerprint density at radius 3 is 2.43 bits per heavy atom. The van der Waals surface area contributed by atoms with Gasteiger partial charge in [-0.15, -0.1) is 0 Å². The largest absolute Gasteiger partial charge is 0.351 e. The van der Waals surface area contributed by atoms with Crippen molar-refractivity contribution in [2.24, 2.45) is 17.3 Å². The Balaban J connectivity index is 1.28. The summed E-state index contributed by atoms with van der Waals surface area (Å²) in [5.41, 5.74) is 5.57. The minimum absolute atomic E-state index is 0.0322. The van der Waals surface area contributed by atoms with Crippen molar-refractivity contribution in [3.05, 3.63) is 53.6 Å². The molecule has 0 radical (unpaired) electrons. The molecule has 0 spiro atoms. The molecule has 0 aromatic heterocycles. The second-order valence-corrected chi connectivity index (χ2v) is 10.4. The molecule has 0 aliphatic heterocycles. The van der Waals surface area contributed by atoms with Crippen LogP contribution in [0.5, 0.6) is 0 Å². The topological polar surface area (TPSA) is 58.2 Å². The van der Waals surface area contributed by atoms with Crippen LogP contribution in [0.1, 0.15) is 56.6 Å². The van der Waals surface area contributed by atoms with Crippen LogP contribution in [0, 0.1) is 17.3 Å². The van der Waals surface area contributed by atoms with Gasteiger partial charge in [0.25, 0.3) is 0 Å². The number of benzene rings is 2. The van der Waals surface area contributed by atoms with Crippen LogP contribution in [0.25, 0.3) is 11.1 Å². The Kier molecular flexibility index (Phi) is 3.75. The van der Waals surface area contributed by atoms with E-state index in [-0.39, 0.29) is 22.8 Å². The van der Waals surface area contributed by atoms with Crippen molar-refractivity contribution in [1.82, 2.24) is 5.32 Å². The predicted octanol–water partition coefficient (Wildman–Crippen LogP) is 4.67. The van der Waals surface area contributed by atoms with Gasteiger partial charge in [0.2, 0.25) is 11.8 Å². The Labute approximate surface area is 177 Å². The van der Waals surface area contributed by atoms with E-state index >= 15 is 0 Å². The van der Waals surface area contributed by atoms with Gasteiger partial charge in [0.15, 0.2) is 0 Å². The summed E-state index contributed by atoms with van der Waals surface area (Å²) in [6.07, 6.45) is 6.96. The van der Waals surface area contributed by atoms with Crippen molar-refractivity contribution in [3.63, 3.8) is 0 Å². The molecule has 4 bridgehead atoms. The first kappa shape index (κ1) is 18.2. The number of nitrogens with one attached hydrogen (secondary N) is 2. The van der Waals surface area contributed by atoms with Crippen molar-refractivity contribution in [2.75, 3.05) is 5.32 Å². The fourth-order valence-corrected chi connectivity index (χ4v) is 7.51. The molecular weight excluding hydrogens is 372 g/mol. The van der Waals surface area contributed by atoms with Crippen LogP contribution in [0.3, 0.4) is 0 Å². The van der Waals surface area contributed by atoms with Gasteiger partial charge in [-0.05, 0) is 91.2 Å². The fourth-order valence-electron chi connectivity index (χ4n) is 7.51. The van der Waals surface area contributed by atoms with Gasteiger partial charge in [-0.25, -0.2) is 0 Å². The highest BCUT2D eigenvalue weighted by molar-refractivity contribution is 5.97. The molecular formula is C26H28N2O2. The molecule has 0 saturated heterocycles. The third kappa shape index (κ3) is 2.73. The van der Waals surface area contributed by atoms with Crippen molar-refractivity contribution in [1.29, 1.82) is 0 Å². The Bertz CT molecular complexity index is 1060. The van der Waals surface area contributed by atoms with E-state index in [1.807, 2.05) is 6.07 Å². The molecule has 5 aliphatic rings. The number of hydrogen-bond acceptors (Lipinski definition) is 2. The van der Waals surface area contributed by atoms with Gasteiger partial charge in [0.1, 0.15) is 0 Å². The van der Waals surface area contributed by atoms with Crippen LogP contribution >= 0.6 is 0 Å². The molecule has 4 nitrogen and oxygen atoms in total. The normalized spacial score (nSPS) is 32.4. The number of carbonyl (C=O) groups excluding carboxylic acids is 2. The van der Waals surface area contributed by atoms with Crippen LogP contribution in [0.2, 0.25) is 0 Å². The van der Waals surface area contributed by atoms with E-state index < -0.39 is 0 Å². The van der Waals surface area contributed by atoms with Crippen LogP contribution in [0.4, 0.5) is 5.69 Å². The van der Waals surface area contributed by atoms with Crippen molar-refractivity contribution < 1.29 is 9.59 Å². The van der Waals surface area contributed by atoms with Gasteiger partial charge < -0.3 is 10.6 Å². The van der Waals surface area contributed by atoms with E-state index in [1.165, 1.54) is 28.7 Å². The SMILES string of the molecule is CC(=O)NC12C[C@H]3C[C@@H](C1)CC(C(=O)Nc1ccc4c(c1)-c1ccccc1C4)(C3)C2. The first-order chi connectivity index (χ1) is 14.4. The minimum atomic E-state index is -0.344. The number of amides is 2. The molecule has 2 N–H and O–H groups in total. The average molecular weight is 401 g/mol. The lowest BCUT2D eigenvalue weighted by Crippen LogP contribution is -2.65. The van der Waals surface area contributed by atoms with Gasteiger partial charge in [0, 0.05) is 18.2 Å². The van der Waals surface area contributed by atoms with Crippen LogP contribution < -0.4 is 10.6 Å². The summed E-state index contributed by atoms with van der Waals surface area (Å²) in [6, 6.07) is 14.9. The number of fused-ring (bicyclic) bond motifs is 3. The second kappa shape index (κ2) is 6.19. The number of anilines is 1. The second-order valence-electron chi connectivity index (χ2n) is 10.4. The zero-order valence-corrected chi connectivity index (χ0v) is 17.5. The van der Waals surface area contributed by atoms with Crippen molar-refractivity contribution in [3.8, 4) is 11.1 Å². The van der Waals surface area contributed by atoms with Crippen LogP contribution in [-0.4, -0.2) is 17.4 Å². The molecule has 4 fully saturated rings. The van der Waals surface area contributed by atoms with Crippen molar-refractivity contribution in [2.45, 2.75) is 57.4 Å². The molecule has 7 rings (SSSR count). The van der Waals surface area contributed by atoms with Gasteiger partial charge in [-0.1, -0.05) is 30.3 Å². The molecule has 4 heteroatoms. The predicted molar refractivity (Wildman–Crippen MR) is 117 cm³/mol. The lowest BCUT2D eigenvalue weighted by Gasteiger charge is -2.61. The van der Waals surface area contributed by atoms with Gasteiger partial charge >= 0.3 is 0 Å². The molecule has 154 valence electrons. The zero-order valence-electron chi connectivity index (χ0n) is 17.5. The zero-order chi connectivity index (χ0) is 20.5. The van der Waals surface area contributed by atoms with E-state index in [2.05, 4.69) is 47.0 Å². The molecule has 4 atom stereocenters. The lowest BCUT2D eigenvalue weighted by atomic mass is 9.46. The average Bonchev–Trinajstić information content (AvgIpc) is 3.04. The summed E-state index contributed by atoms with van der Waals surface area (Å²) in [7, 11) is 0. The van der Waals surface area contributed by atoms with Gasteiger partial charge in [-0.3, -0.25) is 9.59 Å². The summed E-state index contributed by atoms with van der Waals surface area (Å²) in [4.78, 5) is 25.5. The first-order valence-electron chi connectivity index (χ1n) is 11.3. The number of hydrogen-bond donors (Lipinski definition) is 2. The summed E-state index contributed by atoms with van der Waals surface area (Å²) < 4.78 is 0. The summed E-state index contributed by atoms with van der Waals surface area (Å²) in [5, 5.41) is 6.54. The van der Waals surface area contributed by atoms with Crippen molar-refractivity contribution >= 4 is 17.5 Å². The Morgan fingerprint density at radius 1 is 0.933 bits per heavy atom. The highest BCUT2D eigenvalue weighted by Crippen LogP contribution is 2.62. The lowest BCUT2D eigenvalue weighted by molar-refractivity contribution is -0.148. The monoisotopic (exact) mass is 400 g/mol. The quantitative estimate of drug-likeness (QED) is 0.671. The molecule has 2 amide bonds. The molecule has 30 heavy (non-hydrogen) atoms. The molecule has 5 aliphatic carbocycles. The Morgan fingerprint density at radius 2 is 1.67 bits per heavy atom. The summed E-state index contributed by atoms with van der Waals surface area (Å²) in [6.45, 7) is 1.60. The maximum absolute atomic E-state index is 13.6. The first-order valence-corrected chi connectivity index (χ1v) is 11.3. The fraction of sp³-hybridized carbons (Fsp3) is 0.462. The smallest absolute Gasteiger partial charge is 0.230 e. The summed E-state index contributed by atoms with van der Waals surface area (Å²) >= 11 is 0. The Hall–Kier alpha value is -2.62. The summed E-state index contributed by atoms with van der Waals surface area (Å²) in [5.74, 6) is 1.29. The highest BCUT2D eigenvalue weighted by Gasteiger charge is 2.60.